The van der Waals surface area contributed by atoms with Crippen LogP contribution in [-0.4, -0.2) is 37.8 Å². The lowest BCUT2D eigenvalue weighted by atomic mass is 9.94. The fourth-order valence-electron chi connectivity index (χ4n) is 3.79. The first kappa shape index (κ1) is 22.5. The number of phenols is 1. The highest BCUT2D eigenvalue weighted by Crippen LogP contribution is 2.38. The molecule has 1 unspecified atom stereocenters. The van der Waals surface area contributed by atoms with Crippen LogP contribution >= 0.6 is 11.6 Å². The molecule has 0 bridgehead atoms. The Morgan fingerprint density at radius 3 is 2.72 bits per heavy atom. The number of rotatable bonds is 7. The molecule has 0 aliphatic heterocycles. The van der Waals surface area contributed by atoms with E-state index < -0.39 is 32.3 Å². The number of nitrogens with one attached hydrogen (secondary N) is 3. The topological polar surface area (TPSA) is 138 Å². The smallest absolute Gasteiger partial charge is 0.319 e. The summed E-state index contributed by atoms with van der Waals surface area (Å²) in [5.74, 6) is -0.600. The number of benzene rings is 1. The standard InChI is InChI=1S/C21H24ClN3O6S/c22-14-6-7-15(24-21(28)25-16-3-1-2-12-8-10-31-18(12)16)17(26)19(14)32(29,30)11-9-23-20(27)13-4-5-13/h6-8,10,13,16,26H,1-5,9,11H2,(H,23,27)(H2,24,25,28). The molecule has 1 aromatic carbocycles. The van der Waals surface area contributed by atoms with Gasteiger partial charge in [-0.05, 0) is 55.9 Å². The number of hydrogen-bond acceptors (Lipinski definition) is 6. The third-order valence-corrected chi connectivity index (χ3v) is 7.81. The van der Waals surface area contributed by atoms with Crippen molar-refractivity contribution in [1.29, 1.82) is 0 Å². The second kappa shape index (κ2) is 9.03. The van der Waals surface area contributed by atoms with Gasteiger partial charge in [-0.3, -0.25) is 4.79 Å². The molecule has 0 saturated heterocycles. The molecule has 3 amide bonds. The van der Waals surface area contributed by atoms with Crippen molar-refractivity contribution in [3.05, 3.63) is 40.8 Å². The molecule has 2 aliphatic rings. The van der Waals surface area contributed by atoms with Crippen molar-refractivity contribution in [2.45, 2.75) is 43.0 Å². The SMILES string of the molecule is O=C(Nc1ccc(Cl)c(S(=O)(=O)CCNC(=O)C2CC2)c1O)NC1CCCc2ccoc21. The average molecular weight is 482 g/mol. The molecule has 1 atom stereocenters. The van der Waals surface area contributed by atoms with Crippen LogP contribution in [0, 0.1) is 5.92 Å². The van der Waals surface area contributed by atoms with E-state index in [0.717, 1.165) is 31.2 Å². The van der Waals surface area contributed by atoms with Gasteiger partial charge in [-0.1, -0.05) is 11.6 Å². The van der Waals surface area contributed by atoms with Gasteiger partial charge >= 0.3 is 6.03 Å². The van der Waals surface area contributed by atoms with Gasteiger partial charge in [-0.2, -0.15) is 0 Å². The Bertz CT molecular complexity index is 1140. The maximum Gasteiger partial charge on any atom is 0.319 e. The van der Waals surface area contributed by atoms with Crippen LogP contribution in [0.4, 0.5) is 10.5 Å². The molecule has 32 heavy (non-hydrogen) atoms. The zero-order valence-electron chi connectivity index (χ0n) is 17.2. The quantitative estimate of drug-likeness (QED) is 0.448. The summed E-state index contributed by atoms with van der Waals surface area (Å²) >= 11 is 6.06. The number of hydrogen-bond donors (Lipinski definition) is 4. The number of aryl methyl sites for hydroxylation is 1. The minimum Gasteiger partial charge on any atom is -0.504 e. The van der Waals surface area contributed by atoms with E-state index in [1.807, 2.05) is 6.07 Å². The summed E-state index contributed by atoms with van der Waals surface area (Å²) in [6.45, 7) is -0.0985. The summed E-state index contributed by atoms with van der Waals surface area (Å²) in [5, 5.41) is 18.3. The van der Waals surface area contributed by atoms with E-state index in [-0.39, 0.29) is 35.1 Å². The summed E-state index contributed by atoms with van der Waals surface area (Å²) in [5.41, 5.74) is 0.945. The van der Waals surface area contributed by atoms with Crippen LogP contribution in [0.3, 0.4) is 0 Å². The summed E-state index contributed by atoms with van der Waals surface area (Å²) in [7, 11) is -4.02. The maximum absolute atomic E-state index is 12.8. The Labute approximate surface area is 190 Å². The van der Waals surface area contributed by atoms with E-state index in [1.54, 1.807) is 6.26 Å². The van der Waals surface area contributed by atoms with E-state index in [2.05, 4.69) is 16.0 Å². The predicted octanol–water partition coefficient (Wildman–Crippen LogP) is 3.14. The van der Waals surface area contributed by atoms with Crippen LogP contribution in [0.15, 0.2) is 33.8 Å². The van der Waals surface area contributed by atoms with Crippen molar-refractivity contribution in [1.82, 2.24) is 10.6 Å². The Hall–Kier alpha value is -2.72. The number of furan rings is 1. The van der Waals surface area contributed by atoms with Gasteiger partial charge in [0.05, 0.1) is 28.8 Å². The summed E-state index contributed by atoms with van der Waals surface area (Å²) < 4.78 is 31.0. The van der Waals surface area contributed by atoms with Crippen LogP contribution < -0.4 is 16.0 Å². The second-order valence-corrected chi connectivity index (χ2v) is 10.5. The van der Waals surface area contributed by atoms with Gasteiger partial charge in [0.2, 0.25) is 5.91 Å². The third kappa shape index (κ3) is 4.86. The van der Waals surface area contributed by atoms with E-state index in [0.29, 0.717) is 12.2 Å². The number of anilines is 1. The fourth-order valence-corrected chi connectivity index (χ4v) is 5.64. The van der Waals surface area contributed by atoms with Crippen LogP contribution in [0.1, 0.15) is 43.0 Å². The molecule has 1 fully saturated rings. The number of amides is 3. The third-order valence-electron chi connectivity index (χ3n) is 5.60. The molecule has 1 aromatic heterocycles. The van der Waals surface area contributed by atoms with Gasteiger partial charge in [-0.15, -0.1) is 0 Å². The summed E-state index contributed by atoms with van der Waals surface area (Å²) in [6, 6.07) is 3.55. The number of aromatic hydroxyl groups is 1. The summed E-state index contributed by atoms with van der Waals surface area (Å²) in [6.07, 6.45) is 5.67. The number of carbonyl (C=O) groups is 2. The first-order valence-corrected chi connectivity index (χ1v) is 12.4. The van der Waals surface area contributed by atoms with Crippen LogP contribution in [0.2, 0.25) is 5.02 Å². The Morgan fingerprint density at radius 1 is 1.19 bits per heavy atom. The number of fused-ring (bicyclic) bond motifs is 1. The van der Waals surface area contributed by atoms with E-state index in [1.165, 1.54) is 12.1 Å². The molecule has 11 heteroatoms. The molecule has 0 radical (unpaired) electrons. The lowest BCUT2D eigenvalue weighted by molar-refractivity contribution is -0.122. The maximum atomic E-state index is 12.8. The van der Waals surface area contributed by atoms with Gasteiger partial charge in [-0.25, -0.2) is 13.2 Å². The zero-order chi connectivity index (χ0) is 22.9. The van der Waals surface area contributed by atoms with Gasteiger partial charge in [0.15, 0.2) is 15.6 Å². The predicted molar refractivity (Wildman–Crippen MR) is 117 cm³/mol. The minimum atomic E-state index is -4.02. The number of halogens is 1. The van der Waals surface area contributed by atoms with Gasteiger partial charge in [0, 0.05) is 12.5 Å². The van der Waals surface area contributed by atoms with Crippen LogP contribution in [0.25, 0.3) is 0 Å². The number of phenolic OH excluding ortho intramolecular Hbond substituents is 1. The van der Waals surface area contributed by atoms with Crippen molar-refractivity contribution in [2.24, 2.45) is 5.92 Å². The Balaban J connectivity index is 1.44. The monoisotopic (exact) mass is 481 g/mol. The van der Waals surface area contributed by atoms with Crippen LogP contribution in [0.5, 0.6) is 5.75 Å². The van der Waals surface area contributed by atoms with Crippen molar-refractivity contribution < 1.29 is 27.5 Å². The highest BCUT2D eigenvalue weighted by Gasteiger charge is 2.31. The highest BCUT2D eigenvalue weighted by atomic mass is 35.5. The number of urea groups is 1. The first-order chi connectivity index (χ1) is 15.3. The van der Waals surface area contributed by atoms with E-state index in [9.17, 15) is 23.1 Å². The molecule has 2 aromatic rings. The van der Waals surface area contributed by atoms with E-state index in [4.69, 9.17) is 16.0 Å². The normalized spacial score (nSPS) is 18.0. The molecule has 4 rings (SSSR count). The van der Waals surface area contributed by atoms with Gasteiger partial charge in [0.1, 0.15) is 10.7 Å². The molecule has 1 saturated carbocycles. The van der Waals surface area contributed by atoms with E-state index >= 15 is 0 Å². The Kier molecular flexibility index (Phi) is 6.34. The fraction of sp³-hybridized carbons (Fsp3) is 0.429. The molecular weight excluding hydrogens is 458 g/mol. The number of carbonyl (C=O) groups excluding carboxylic acids is 2. The van der Waals surface area contributed by atoms with Crippen molar-refractivity contribution in [3.8, 4) is 5.75 Å². The van der Waals surface area contributed by atoms with Crippen LogP contribution in [-0.2, 0) is 21.1 Å². The van der Waals surface area contributed by atoms with Crippen molar-refractivity contribution >= 4 is 39.1 Å². The van der Waals surface area contributed by atoms with Gasteiger partial charge in [0.25, 0.3) is 0 Å². The summed E-state index contributed by atoms with van der Waals surface area (Å²) in [4.78, 5) is 23.8. The molecule has 0 spiro atoms. The minimum absolute atomic E-state index is 0.0397. The second-order valence-electron chi connectivity index (χ2n) is 8.01. The lowest BCUT2D eigenvalue weighted by Crippen LogP contribution is -2.34. The van der Waals surface area contributed by atoms with Gasteiger partial charge < -0.3 is 25.5 Å². The molecule has 9 nitrogen and oxygen atoms in total. The molecule has 1 heterocycles. The molecule has 2 aliphatic carbocycles. The molecular formula is C21H24ClN3O6S. The number of sulfone groups is 1. The Morgan fingerprint density at radius 2 is 1.97 bits per heavy atom. The molecule has 172 valence electrons. The largest absolute Gasteiger partial charge is 0.504 e. The first-order valence-electron chi connectivity index (χ1n) is 10.4. The highest BCUT2D eigenvalue weighted by molar-refractivity contribution is 7.91. The lowest BCUT2D eigenvalue weighted by Gasteiger charge is -2.22. The van der Waals surface area contributed by atoms with Crippen molar-refractivity contribution in [2.75, 3.05) is 17.6 Å². The van der Waals surface area contributed by atoms with Crippen molar-refractivity contribution in [3.63, 3.8) is 0 Å². The molecule has 4 N–H and O–H groups in total. The zero-order valence-corrected chi connectivity index (χ0v) is 18.8. The average Bonchev–Trinajstić information content (AvgIpc) is 3.47.